The third-order valence-corrected chi connectivity index (χ3v) is 3.35. The Morgan fingerprint density at radius 3 is 2.54 bits per heavy atom. The van der Waals surface area contributed by atoms with E-state index in [1.165, 1.54) is 19.3 Å². The maximum absolute atomic E-state index is 11.5. The van der Waals surface area contributed by atoms with Crippen molar-refractivity contribution >= 4 is 5.91 Å². The Labute approximate surface area is 79.0 Å². The van der Waals surface area contributed by atoms with Crippen molar-refractivity contribution in [3.05, 3.63) is 0 Å². The van der Waals surface area contributed by atoms with Gasteiger partial charge in [-0.25, -0.2) is 0 Å². The molecule has 1 saturated heterocycles. The predicted molar refractivity (Wildman–Crippen MR) is 49.3 cm³/mol. The van der Waals surface area contributed by atoms with Gasteiger partial charge in [-0.3, -0.25) is 4.79 Å². The molecule has 0 aromatic carbocycles. The number of likely N-dealkylation sites (tertiary alicyclic amines) is 1. The van der Waals surface area contributed by atoms with E-state index in [0.29, 0.717) is 0 Å². The Kier molecular flexibility index (Phi) is 2.54. The van der Waals surface area contributed by atoms with Gasteiger partial charge in [0.25, 0.3) is 0 Å². The number of carbonyl (C=O) groups is 1. The van der Waals surface area contributed by atoms with Crippen molar-refractivity contribution in [2.45, 2.75) is 19.3 Å². The molecule has 0 spiro atoms. The summed E-state index contributed by atoms with van der Waals surface area (Å²) in [5.41, 5.74) is 0. The zero-order valence-corrected chi connectivity index (χ0v) is 8.16. The van der Waals surface area contributed by atoms with Crippen LogP contribution in [0.1, 0.15) is 19.3 Å². The highest BCUT2D eigenvalue weighted by Gasteiger charge is 2.37. The van der Waals surface area contributed by atoms with E-state index in [1.54, 1.807) is 7.11 Å². The van der Waals surface area contributed by atoms with Crippen molar-refractivity contribution in [1.82, 2.24) is 4.90 Å². The fourth-order valence-corrected chi connectivity index (χ4v) is 2.65. The van der Waals surface area contributed by atoms with Crippen LogP contribution in [0, 0.1) is 11.8 Å². The van der Waals surface area contributed by atoms with E-state index in [1.807, 2.05) is 4.90 Å². The number of hydrogen-bond donors (Lipinski definition) is 0. The molecular formula is C10H17NO2. The minimum absolute atomic E-state index is 0.164. The summed E-state index contributed by atoms with van der Waals surface area (Å²) >= 11 is 0. The Balaban J connectivity index is 1.87. The standard InChI is InChI=1S/C10H17NO2/c1-13-7-10(12)11-5-8-3-2-4-9(8)6-11/h8-9H,2-7H2,1H3/t8-,9+. The van der Waals surface area contributed by atoms with Crippen molar-refractivity contribution in [3.63, 3.8) is 0 Å². The zero-order chi connectivity index (χ0) is 9.26. The number of amides is 1. The molecule has 0 radical (unpaired) electrons. The SMILES string of the molecule is COCC(=O)N1C[C@H]2CCC[C@H]2C1. The summed E-state index contributed by atoms with van der Waals surface area (Å²) in [6.07, 6.45) is 4.00. The van der Waals surface area contributed by atoms with E-state index >= 15 is 0 Å². The first-order chi connectivity index (χ1) is 6.31. The normalized spacial score (nSPS) is 32.2. The van der Waals surface area contributed by atoms with Crippen LogP contribution in [0.3, 0.4) is 0 Å². The number of carbonyl (C=O) groups excluding carboxylic acids is 1. The van der Waals surface area contributed by atoms with Crippen LogP contribution in [0.25, 0.3) is 0 Å². The lowest BCUT2D eigenvalue weighted by atomic mass is 10.0. The number of hydrogen-bond acceptors (Lipinski definition) is 2. The van der Waals surface area contributed by atoms with Crippen LogP contribution in [0.5, 0.6) is 0 Å². The zero-order valence-electron chi connectivity index (χ0n) is 8.16. The van der Waals surface area contributed by atoms with Crippen molar-refractivity contribution in [1.29, 1.82) is 0 Å². The average molecular weight is 183 g/mol. The fourth-order valence-electron chi connectivity index (χ4n) is 2.65. The highest BCUT2D eigenvalue weighted by molar-refractivity contribution is 5.77. The number of fused-ring (bicyclic) bond motifs is 1. The van der Waals surface area contributed by atoms with Crippen LogP contribution in [-0.4, -0.2) is 37.6 Å². The molecule has 1 heterocycles. The fraction of sp³-hybridized carbons (Fsp3) is 0.900. The predicted octanol–water partition coefficient (Wildman–Crippen LogP) is 0.891. The summed E-state index contributed by atoms with van der Waals surface area (Å²) in [5.74, 6) is 1.75. The molecule has 1 aliphatic heterocycles. The highest BCUT2D eigenvalue weighted by Crippen LogP contribution is 2.37. The lowest BCUT2D eigenvalue weighted by molar-refractivity contribution is -0.134. The van der Waals surface area contributed by atoms with Gasteiger partial charge in [0.2, 0.25) is 5.91 Å². The minimum Gasteiger partial charge on any atom is -0.375 e. The monoisotopic (exact) mass is 183 g/mol. The molecule has 2 fully saturated rings. The number of methoxy groups -OCH3 is 1. The van der Waals surface area contributed by atoms with Gasteiger partial charge in [-0.15, -0.1) is 0 Å². The molecule has 13 heavy (non-hydrogen) atoms. The first-order valence-corrected chi connectivity index (χ1v) is 5.08. The van der Waals surface area contributed by atoms with Gasteiger partial charge >= 0.3 is 0 Å². The summed E-state index contributed by atoms with van der Waals surface area (Å²) in [6.45, 7) is 2.21. The van der Waals surface area contributed by atoms with E-state index in [9.17, 15) is 4.79 Å². The molecule has 0 bridgehead atoms. The average Bonchev–Trinajstić information content (AvgIpc) is 2.61. The maximum atomic E-state index is 11.5. The van der Waals surface area contributed by atoms with Gasteiger partial charge in [0.05, 0.1) is 0 Å². The van der Waals surface area contributed by atoms with Crippen LogP contribution in [0.2, 0.25) is 0 Å². The van der Waals surface area contributed by atoms with Crippen molar-refractivity contribution < 1.29 is 9.53 Å². The topological polar surface area (TPSA) is 29.5 Å². The van der Waals surface area contributed by atoms with Gasteiger partial charge < -0.3 is 9.64 Å². The lowest BCUT2D eigenvalue weighted by Crippen LogP contribution is -2.32. The largest absolute Gasteiger partial charge is 0.375 e. The van der Waals surface area contributed by atoms with Crippen LogP contribution in [0.15, 0.2) is 0 Å². The Bertz CT molecular complexity index is 193. The van der Waals surface area contributed by atoms with Gasteiger partial charge in [0.1, 0.15) is 6.61 Å². The second-order valence-corrected chi connectivity index (χ2v) is 4.18. The molecular weight excluding hydrogens is 166 g/mol. The van der Waals surface area contributed by atoms with E-state index < -0.39 is 0 Å². The van der Waals surface area contributed by atoms with Crippen LogP contribution >= 0.6 is 0 Å². The van der Waals surface area contributed by atoms with Crippen LogP contribution < -0.4 is 0 Å². The minimum atomic E-state index is 0.164. The molecule has 0 unspecified atom stereocenters. The van der Waals surface area contributed by atoms with Crippen molar-refractivity contribution in [2.75, 3.05) is 26.8 Å². The van der Waals surface area contributed by atoms with Crippen molar-refractivity contribution in [2.24, 2.45) is 11.8 Å². The second-order valence-electron chi connectivity index (χ2n) is 4.18. The first-order valence-electron chi connectivity index (χ1n) is 5.08. The summed E-state index contributed by atoms with van der Waals surface area (Å²) in [4.78, 5) is 13.4. The molecule has 2 rings (SSSR count). The molecule has 0 aromatic rings. The van der Waals surface area contributed by atoms with Gasteiger partial charge in [0, 0.05) is 20.2 Å². The van der Waals surface area contributed by atoms with Crippen LogP contribution in [-0.2, 0) is 9.53 Å². The molecule has 3 heteroatoms. The van der Waals surface area contributed by atoms with Gasteiger partial charge in [0.15, 0.2) is 0 Å². The molecule has 3 nitrogen and oxygen atoms in total. The first kappa shape index (κ1) is 9.00. The highest BCUT2D eigenvalue weighted by atomic mass is 16.5. The lowest BCUT2D eigenvalue weighted by Gasteiger charge is -2.16. The number of rotatable bonds is 2. The smallest absolute Gasteiger partial charge is 0.248 e. The van der Waals surface area contributed by atoms with Gasteiger partial charge in [-0.1, -0.05) is 6.42 Å². The van der Waals surface area contributed by atoms with Crippen molar-refractivity contribution in [3.8, 4) is 0 Å². The number of ether oxygens (including phenoxy) is 1. The number of nitrogens with zero attached hydrogens (tertiary/aromatic N) is 1. The quantitative estimate of drug-likeness (QED) is 0.636. The molecule has 2 aliphatic rings. The molecule has 0 aromatic heterocycles. The maximum Gasteiger partial charge on any atom is 0.248 e. The van der Waals surface area contributed by atoms with E-state index in [4.69, 9.17) is 4.74 Å². The van der Waals surface area contributed by atoms with Gasteiger partial charge in [-0.2, -0.15) is 0 Å². The molecule has 2 atom stereocenters. The Morgan fingerprint density at radius 2 is 2.00 bits per heavy atom. The third-order valence-electron chi connectivity index (χ3n) is 3.35. The Hall–Kier alpha value is -0.570. The van der Waals surface area contributed by atoms with E-state index in [2.05, 4.69) is 0 Å². The Morgan fingerprint density at radius 1 is 1.38 bits per heavy atom. The summed E-state index contributed by atoms with van der Waals surface area (Å²) in [5, 5.41) is 0. The summed E-state index contributed by atoms with van der Waals surface area (Å²) in [7, 11) is 1.58. The molecule has 74 valence electrons. The molecule has 1 amide bonds. The van der Waals surface area contributed by atoms with Crippen LogP contribution in [0.4, 0.5) is 0 Å². The summed E-state index contributed by atoms with van der Waals surface area (Å²) in [6, 6.07) is 0. The molecule has 1 aliphatic carbocycles. The second kappa shape index (κ2) is 3.66. The summed E-state index contributed by atoms with van der Waals surface area (Å²) < 4.78 is 4.85. The van der Waals surface area contributed by atoms with Gasteiger partial charge in [-0.05, 0) is 24.7 Å². The van der Waals surface area contributed by atoms with E-state index in [0.717, 1.165) is 24.9 Å². The van der Waals surface area contributed by atoms with E-state index in [-0.39, 0.29) is 12.5 Å². The molecule has 0 N–H and O–H groups in total. The molecule has 1 saturated carbocycles. The third kappa shape index (κ3) is 1.70.